The van der Waals surface area contributed by atoms with Crippen molar-refractivity contribution in [2.75, 3.05) is 13.1 Å². The maximum atomic E-state index is 13.5. The number of amides is 1. The number of halogens is 1. The number of carbonyl (C=O) groups excluding carboxylic acids is 1. The molecule has 10 heteroatoms. The minimum Gasteiger partial charge on any atom is -0.479 e. The molecule has 1 aromatic carbocycles. The largest absolute Gasteiger partial charge is 0.479 e. The van der Waals surface area contributed by atoms with Gasteiger partial charge in [0, 0.05) is 32.4 Å². The number of hydrogen-bond acceptors (Lipinski definition) is 6. The van der Waals surface area contributed by atoms with Gasteiger partial charge in [-0.25, -0.2) is 13.9 Å². The predicted molar refractivity (Wildman–Crippen MR) is 90.1 cm³/mol. The molecule has 1 saturated heterocycles. The van der Waals surface area contributed by atoms with E-state index in [1.54, 1.807) is 19.1 Å². The Labute approximate surface area is 154 Å². The zero-order chi connectivity index (χ0) is 19.6. The number of aryl methyl sites for hydroxylation is 1. The Kier molecular flexibility index (Phi) is 5.17. The second-order valence-corrected chi connectivity index (χ2v) is 6.68. The van der Waals surface area contributed by atoms with Crippen LogP contribution in [0.1, 0.15) is 30.3 Å². The average molecular weight is 377 g/mol. The number of rotatable bonds is 5. The molecular weight excluding hydrogens is 357 g/mol. The number of piperidine rings is 1. The maximum absolute atomic E-state index is 13.5. The van der Waals surface area contributed by atoms with Crippen LogP contribution < -0.4 is 0 Å². The van der Waals surface area contributed by atoms with Crippen LogP contribution in [-0.4, -0.2) is 65.9 Å². The normalized spacial score (nSPS) is 17.5. The van der Waals surface area contributed by atoms with Crippen LogP contribution in [0.5, 0.6) is 0 Å². The molecule has 27 heavy (non-hydrogen) atoms. The van der Waals surface area contributed by atoms with Crippen molar-refractivity contribution in [3.8, 4) is 0 Å². The second-order valence-electron chi connectivity index (χ2n) is 6.68. The lowest BCUT2D eigenvalue weighted by Gasteiger charge is -2.36. The summed E-state index contributed by atoms with van der Waals surface area (Å²) in [6, 6.07) is 5.15. The molecule has 1 aliphatic rings. The molecule has 0 spiro atoms. The van der Waals surface area contributed by atoms with Crippen LogP contribution in [0.3, 0.4) is 0 Å². The summed E-state index contributed by atoms with van der Waals surface area (Å²) in [5, 5.41) is 30.4. The summed E-state index contributed by atoms with van der Waals surface area (Å²) in [6.45, 7) is 1.86. The van der Waals surface area contributed by atoms with Crippen molar-refractivity contribution in [2.45, 2.75) is 37.8 Å². The van der Waals surface area contributed by atoms with Crippen molar-refractivity contribution in [3.05, 3.63) is 41.5 Å². The number of aliphatic carboxylic acids is 1. The quantitative estimate of drug-likeness (QED) is 0.771. The molecule has 0 aliphatic carbocycles. The van der Waals surface area contributed by atoms with Crippen molar-refractivity contribution in [3.63, 3.8) is 0 Å². The van der Waals surface area contributed by atoms with Crippen LogP contribution in [0.4, 0.5) is 4.39 Å². The lowest BCUT2D eigenvalue weighted by atomic mass is 9.91. The first-order valence-corrected chi connectivity index (χ1v) is 8.53. The number of carboxylic acid groups (broad SMARTS) is 1. The Morgan fingerprint density at radius 2 is 2.04 bits per heavy atom. The fraction of sp³-hybridized carbons (Fsp3) is 0.471. The summed E-state index contributed by atoms with van der Waals surface area (Å²) in [5.74, 6) is -1.57. The molecule has 1 fully saturated rings. The molecule has 1 aromatic heterocycles. The molecule has 9 nitrogen and oxygen atoms in total. The van der Waals surface area contributed by atoms with Gasteiger partial charge < -0.3 is 15.1 Å². The van der Waals surface area contributed by atoms with Crippen LogP contribution >= 0.6 is 0 Å². The van der Waals surface area contributed by atoms with E-state index < -0.39 is 23.4 Å². The third kappa shape index (κ3) is 3.95. The first kappa shape index (κ1) is 18.9. The van der Waals surface area contributed by atoms with Gasteiger partial charge in [0.15, 0.2) is 5.60 Å². The van der Waals surface area contributed by atoms with Gasteiger partial charge in [0.2, 0.25) is 5.91 Å². The number of carboxylic acids is 1. The monoisotopic (exact) mass is 377 g/mol. The first-order valence-electron chi connectivity index (χ1n) is 8.53. The van der Waals surface area contributed by atoms with Gasteiger partial charge in [0.1, 0.15) is 17.7 Å². The van der Waals surface area contributed by atoms with E-state index in [4.69, 9.17) is 5.11 Å². The molecule has 0 bridgehead atoms. The van der Waals surface area contributed by atoms with E-state index in [1.807, 2.05) is 0 Å². The summed E-state index contributed by atoms with van der Waals surface area (Å²) >= 11 is 0. The Hall–Kier alpha value is -2.88. The van der Waals surface area contributed by atoms with E-state index in [-0.39, 0.29) is 38.3 Å². The standard InChI is InChI=1S/C17H20FN5O4/c1-11-19-20-21-23(11)14(10-12-3-2-4-13(18)9-12)15(24)22-7-5-17(27,6-8-22)16(25)26/h2-4,9,14,27H,5-8,10H2,1H3,(H,25,26). The Bertz CT molecular complexity index is 847. The number of tetrazole rings is 1. The fourth-order valence-electron chi connectivity index (χ4n) is 3.21. The molecule has 0 saturated carbocycles. The van der Waals surface area contributed by atoms with Crippen molar-refractivity contribution < 1.29 is 24.2 Å². The Morgan fingerprint density at radius 1 is 1.33 bits per heavy atom. The summed E-state index contributed by atoms with van der Waals surface area (Å²) in [5.41, 5.74) is -1.21. The Balaban J connectivity index is 1.82. The SMILES string of the molecule is Cc1nnnn1C(Cc1cccc(F)c1)C(=O)N1CCC(O)(C(=O)O)CC1. The summed E-state index contributed by atoms with van der Waals surface area (Å²) in [7, 11) is 0. The molecule has 1 amide bonds. The van der Waals surface area contributed by atoms with Gasteiger partial charge >= 0.3 is 5.97 Å². The molecule has 1 aliphatic heterocycles. The average Bonchev–Trinajstić information content (AvgIpc) is 3.05. The molecule has 1 atom stereocenters. The van der Waals surface area contributed by atoms with Crippen molar-refractivity contribution in [1.29, 1.82) is 0 Å². The number of benzene rings is 1. The number of aromatic nitrogens is 4. The predicted octanol–water partition coefficient (Wildman–Crippen LogP) is 0.343. The van der Waals surface area contributed by atoms with Gasteiger partial charge in [-0.05, 0) is 35.0 Å². The number of carbonyl (C=O) groups is 2. The van der Waals surface area contributed by atoms with E-state index >= 15 is 0 Å². The molecule has 0 radical (unpaired) electrons. The highest BCUT2D eigenvalue weighted by molar-refractivity contribution is 5.82. The van der Waals surface area contributed by atoms with Crippen molar-refractivity contribution >= 4 is 11.9 Å². The molecular formula is C17H20FN5O4. The topological polar surface area (TPSA) is 121 Å². The van der Waals surface area contributed by atoms with E-state index in [0.717, 1.165) is 0 Å². The lowest BCUT2D eigenvalue weighted by Crippen LogP contribution is -2.52. The van der Waals surface area contributed by atoms with E-state index in [2.05, 4.69) is 15.5 Å². The number of likely N-dealkylation sites (tertiary alicyclic amines) is 1. The minimum absolute atomic E-state index is 0.0602. The van der Waals surface area contributed by atoms with E-state index in [9.17, 15) is 19.1 Å². The third-order valence-electron chi connectivity index (χ3n) is 4.86. The van der Waals surface area contributed by atoms with Crippen molar-refractivity contribution in [2.24, 2.45) is 0 Å². The molecule has 1 unspecified atom stereocenters. The zero-order valence-electron chi connectivity index (χ0n) is 14.7. The molecule has 2 aromatic rings. The lowest BCUT2D eigenvalue weighted by molar-refractivity contribution is -0.165. The molecule has 144 valence electrons. The maximum Gasteiger partial charge on any atom is 0.335 e. The van der Waals surface area contributed by atoms with Crippen LogP contribution in [0.15, 0.2) is 24.3 Å². The van der Waals surface area contributed by atoms with Crippen LogP contribution in [0, 0.1) is 12.7 Å². The van der Waals surface area contributed by atoms with Crippen LogP contribution in [0.25, 0.3) is 0 Å². The minimum atomic E-state index is -1.82. The first-order chi connectivity index (χ1) is 12.8. The number of aliphatic hydroxyl groups is 1. The second kappa shape index (κ2) is 7.39. The van der Waals surface area contributed by atoms with Gasteiger partial charge in [0.25, 0.3) is 0 Å². The highest BCUT2D eigenvalue weighted by Gasteiger charge is 2.41. The smallest absolute Gasteiger partial charge is 0.335 e. The fourth-order valence-corrected chi connectivity index (χ4v) is 3.21. The molecule has 2 N–H and O–H groups in total. The summed E-state index contributed by atoms with van der Waals surface area (Å²) in [4.78, 5) is 25.8. The number of nitrogens with zero attached hydrogens (tertiary/aromatic N) is 5. The number of hydrogen-bond donors (Lipinski definition) is 2. The van der Waals surface area contributed by atoms with Gasteiger partial charge in [-0.15, -0.1) is 5.10 Å². The molecule has 3 rings (SSSR count). The highest BCUT2D eigenvalue weighted by atomic mass is 19.1. The van der Waals surface area contributed by atoms with Crippen molar-refractivity contribution in [1.82, 2.24) is 25.1 Å². The van der Waals surface area contributed by atoms with E-state index in [1.165, 1.54) is 21.7 Å². The van der Waals surface area contributed by atoms with Gasteiger partial charge in [-0.2, -0.15) is 0 Å². The molecule has 2 heterocycles. The van der Waals surface area contributed by atoms with E-state index in [0.29, 0.717) is 11.4 Å². The van der Waals surface area contributed by atoms with Gasteiger partial charge in [-0.3, -0.25) is 4.79 Å². The summed E-state index contributed by atoms with van der Waals surface area (Å²) in [6.07, 6.45) is 0.0624. The zero-order valence-corrected chi connectivity index (χ0v) is 14.7. The highest BCUT2D eigenvalue weighted by Crippen LogP contribution is 2.26. The third-order valence-corrected chi connectivity index (χ3v) is 4.86. The summed E-state index contributed by atoms with van der Waals surface area (Å²) < 4.78 is 14.9. The van der Waals surface area contributed by atoms with Crippen LogP contribution in [0.2, 0.25) is 0 Å². The van der Waals surface area contributed by atoms with Gasteiger partial charge in [-0.1, -0.05) is 12.1 Å². The van der Waals surface area contributed by atoms with Gasteiger partial charge in [0.05, 0.1) is 0 Å². The Morgan fingerprint density at radius 3 is 2.59 bits per heavy atom. The van der Waals surface area contributed by atoms with Crippen LogP contribution in [-0.2, 0) is 16.0 Å².